The molecule has 0 saturated carbocycles. The summed E-state index contributed by atoms with van der Waals surface area (Å²) in [5.41, 5.74) is 4.62. The summed E-state index contributed by atoms with van der Waals surface area (Å²) in [4.78, 5) is 23.1. The van der Waals surface area contributed by atoms with Crippen molar-refractivity contribution in [1.29, 1.82) is 0 Å². The van der Waals surface area contributed by atoms with E-state index in [2.05, 4.69) is 10.9 Å². The van der Waals surface area contributed by atoms with Crippen molar-refractivity contribution >= 4 is 11.8 Å². The molecular formula is C15H17FN2O3. The van der Waals surface area contributed by atoms with Crippen LogP contribution in [0.3, 0.4) is 0 Å². The van der Waals surface area contributed by atoms with Crippen LogP contribution < -0.4 is 15.6 Å². The molecule has 1 atom stereocenters. The number of allylic oxidation sites excluding steroid dienone is 2. The average molecular weight is 292 g/mol. The molecule has 2 N–H and O–H groups in total. The number of ether oxygens (including phenoxy) is 1. The van der Waals surface area contributed by atoms with Gasteiger partial charge >= 0.3 is 0 Å². The van der Waals surface area contributed by atoms with Gasteiger partial charge in [-0.2, -0.15) is 0 Å². The second-order valence-electron chi connectivity index (χ2n) is 4.81. The largest absolute Gasteiger partial charge is 0.484 e. The molecule has 6 heteroatoms. The maximum absolute atomic E-state index is 12.7. The lowest BCUT2D eigenvalue weighted by atomic mass is 10.1. The number of carbonyl (C=O) groups excluding carboxylic acids is 2. The van der Waals surface area contributed by atoms with Gasteiger partial charge in [-0.3, -0.25) is 20.4 Å². The Hall–Kier alpha value is -2.37. The van der Waals surface area contributed by atoms with Crippen molar-refractivity contribution < 1.29 is 18.7 Å². The Balaban J connectivity index is 1.63. The van der Waals surface area contributed by atoms with Gasteiger partial charge in [-0.25, -0.2) is 4.39 Å². The van der Waals surface area contributed by atoms with Crippen LogP contribution in [0.25, 0.3) is 0 Å². The van der Waals surface area contributed by atoms with Crippen LogP contribution in [0.5, 0.6) is 5.75 Å². The third-order valence-electron chi connectivity index (χ3n) is 3.08. The van der Waals surface area contributed by atoms with E-state index >= 15 is 0 Å². The number of amides is 2. The first-order valence-corrected chi connectivity index (χ1v) is 6.76. The van der Waals surface area contributed by atoms with Crippen molar-refractivity contribution in [2.75, 3.05) is 6.61 Å². The highest BCUT2D eigenvalue weighted by Crippen LogP contribution is 2.19. The fraction of sp³-hybridized carbons (Fsp3) is 0.333. The third kappa shape index (κ3) is 5.25. The van der Waals surface area contributed by atoms with Crippen LogP contribution in [-0.2, 0) is 9.59 Å². The smallest absolute Gasteiger partial charge is 0.276 e. The maximum Gasteiger partial charge on any atom is 0.276 e. The van der Waals surface area contributed by atoms with Gasteiger partial charge < -0.3 is 4.74 Å². The Morgan fingerprint density at radius 3 is 2.57 bits per heavy atom. The molecule has 0 aliphatic heterocycles. The fourth-order valence-electron chi connectivity index (χ4n) is 2.01. The van der Waals surface area contributed by atoms with Crippen molar-refractivity contribution in [3.8, 4) is 5.75 Å². The minimum atomic E-state index is -0.477. The summed E-state index contributed by atoms with van der Waals surface area (Å²) in [5.74, 6) is -0.456. The van der Waals surface area contributed by atoms with Crippen molar-refractivity contribution in [1.82, 2.24) is 10.9 Å². The van der Waals surface area contributed by atoms with E-state index in [1.54, 1.807) is 0 Å². The minimum absolute atomic E-state index is 0.235. The zero-order chi connectivity index (χ0) is 15.1. The van der Waals surface area contributed by atoms with E-state index in [0.717, 1.165) is 12.8 Å². The van der Waals surface area contributed by atoms with Gasteiger partial charge in [0.1, 0.15) is 11.6 Å². The second kappa shape index (κ2) is 7.42. The van der Waals surface area contributed by atoms with Crippen molar-refractivity contribution in [2.24, 2.45) is 5.92 Å². The first-order valence-electron chi connectivity index (χ1n) is 6.76. The Labute approximate surface area is 122 Å². The number of benzene rings is 1. The fourth-order valence-corrected chi connectivity index (χ4v) is 2.01. The van der Waals surface area contributed by atoms with Gasteiger partial charge in [0.2, 0.25) is 5.91 Å². The van der Waals surface area contributed by atoms with E-state index in [9.17, 15) is 14.0 Å². The molecule has 1 aliphatic carbocycles. The van der Waals surface area contributed by atoms with Crippen LogP contribution in [0.4, 0.5) is 4.39 Å². The number of hydrazine groups is 1. The first-order chi connectivity index (χ1) is 10.1. The molecule has 0 saturated heterocycles. The van der Waals surface area contributed by atoms with Gasteiger partial charge in [-0.1, -0.05) is 12.2 Å². The number of halogens is 1. The van der Waals surface area contributed by atoms with Gasteiger partial charge in [0.15, 0.2) is 6.61 Å². The highest BCUT2D eigenvalue weighted by atomic mass is 19.1. The Morgan fingerprint density at radius 2 is 1.90 bits per heavy atom. The molecule has 0 radical (unpaired) electrons. The lowest BCUT2D eigenvalue weighted by molar-refractivity contribution is -0.130. The Kier molecular flexibility index (Phi) is 5.31. The summed E-state index contributed by atoms with van der Waals surface area (Å²) >= 11 is 0. The summed E-state index contributed by atoms with van der Waals surface area (Å²) in [6.07, 6.45) is 6.38. The number of rotatable bonds is 5. The van der Waals surface area contributed by atoms with E-state index in [0.29, 0.717) is 12.2 Å². The minimum Gasteiger partial charge on any atom is -0.484 e. The molecule has 0 fully saturated rings. The van der Waals surface area contributed by atoms with Gasteiger partial charge in [0.25, 0.3) is 5.91 Å². The summed E-state index contributed by atoms with van der Waals surface area (Å²) in [6.45, 7) is -0.255. The van der Waals surface area contributed by atoms with Crippen LogP contribution in [0, 0.1) is 11.7 Å². The lowest BCUT2D eigenvalue weighted by Crippen LogP contribution is -2.44. The molecule has 1 aliphatic rings. The average Bonchev–Trinajstić information content (AvgIpc) is 2.97. The third-order valence-corrected chi connectivity index (χ3v) is 3.08. The number of nitrogens with one attached hydrogen (secondary N) is 2. The molecule has 2 rings (SSSR count). The zero-order valence-corrected chi connectivity index (χ0v) is 11.5. The summed E-state index contributed by atoms with van der Waals surface area (Å²) in [7, 11) is 0. The molecule has 21 heavy (non-hydrogen) atoms. The standard InChI is InChI=1S/C15H17FN2O3/c16-12-5-7-13(8-6-12)21-10-15(20)18-17-14(19)9-11-3-1-2-4-11/h1,3,5-8,11H,2,4,9-10H2,(H,17,19)(H,18,20)/t11-/m0/s1. The Morgan fingerprint density at radius 1 is 1.19 bits per heavy atom. The highest BCUT2D eigenvalue weighted by molar-refractivity contribution is 5.82. The quantitative estimate of drug-likeness (QED) is 0.641. The lowest BCUT2D eigenvalue weighted by Gasteiger charge is -2.10. The van der Waals surface area contributed by atoms with Crippen molar-refractivity contribution in [2.45, 2.75) is 19.3 Å². The van der Waals surface area contributed by atoms with E-state index in [1.807, 2.05) is 12.2 Å². The van der Waals surface area contributed by atoms with Gasteiger partial charge in [0, 0.05) is 6.42 Å². The van der Waals surface area contributed by atoms with E-state index < -0.39 is 5.91 Å². The molecule has 1 aromatic rings. The molecule has 0 bridgehead atoms. The molecule has 112 valence electrons. The topological polar surface area (TPSA) is 67.4 Å². The predicted molar refractivity (Wildman–Crippen MR) is 74.7 cm³/mol. The molecular weight excluding hydrogens is 275 g/mol. The second-order valence-corrected chi connectivity index (χ2v) is 4.81. The number of hydrogen-bond acceptors (Lipinski definition) is 3. The van der Waals surface area contributed by atoms with Crippen LogP contribution >= 0.6 is 0 Å². The molecule has 2 amide bonds. The predicted octanol–water partition coefficient (Wildman–Crippen LogP) is 1.71. The van der Waals surface area contributed by atoms with Crippen LogP contribution in [-0.4, -0.2) is 18.4 Å². The SMILES string of the molecule is O=C(COc1ccc(F)cc1)NNC(=O)C[C@H]1C=CCC1. The van der Waals surface area contributed by atoms with Crippen molar-refractivity contribution in [3.05, 3.63) is 42.2 Å². The van der Waals surface area contributed by atoms with E-state index in [4.69, 9.17) is 4.74 Å². The maximum atomic E-state index is 12.7. The molecule has 0 unspecified atom stereocenters. The number of hydrogen-bond donors (Lipinski definition) is 2. The zero-order valence-electron chi connectivity index (χ0n) is 11.5. The van der Waals surface area contributed by atoms with Crippen LogP contribution in [0.1, 0.15) is 19.3 Å². The number of carbonyl (C=O) groups is 2. The normalized spacial score (nSPS) is 16.5. The summed E-state index contributed by atoms with van der Waals surface area (Å²) < 4.78 is 17.8. The molecule has 0 aromatic heterocycles. The molecule has 0 heterocycles. The van der Waals surface area contributed by atoms with E-state index in [-0.39, 0.29) is 24.2 Å². The van der Waals surface area contributed by atoms with Gasteiger partial charge in [0.05, 0.1) is 0 Å². The summed E-state index contributed by atoms with van der Waals surface area (Å²) in [5, 5.41) is 0. The van der Waals surface area contributed by atoms with Gasteiger partial charge in [-0.15, -0.1) is 0 Å². The molecule has 5 nitrogen and oxygen atoms in total. The Bertz CT molecular complexity index is 528. The summed E-state index contributed by atoms with van der Waals surface area (Å²) in [6, 6.07) is 5.33. The van der Waals surface area contributed by atoms with Crippen LogP contribution in [0.15, 0.2) is 36.4 Å². The monoisotopic (exact) mass is 292 g/mol. The van der Waals surface area contributed by atoms with Crippen molar-refractivity contribution in [3.63, 3.8) is 0 Å². The van der Waals surface area contributed by atoms with Crippen LogP contribution in [0.2, 0.25) is 0 Å². The molecule has 1 aromatic carbocycles. The molecule has 0 spiro atoms. The highest BCUT2D eigenvalue weighted by Gasteiger charge is 2.14. The van der Waals surface area contributed by atoms with E-state index in [1.165, 1.54) is 24.3 Å². The first kappa shape index (κ1) is 15.0. The van der Waals surface area contributed by atoms with Gasteiger partial charge in [-0.05, 0) is 43.0 Å².